The second-order valence-corrected chi connectivity index (χ2v) is 6.41. The molecule has 0 saturated heterocycles. The molecule has 2 aromatic carbocycles. The molecule has 0 fully saturated rings. The summed E-state index contributed by atoms with van der Waals surface area (Å²) in [7, 11) is 0. The number of hydrogen-bond donors (Lipinski definition) is 0. The third-order valence-electron chi connectivity index (χ3n) is 4.86. The fourth-order valence-corrected chi connectivity index (χ4v) is 3.46. The Morgan fingerprint density at radius 2 is 1.60 bits per heavy atom. The summed E-state index contributed by atoms with van der Waals surface area (Å²) in [6.07, 6.45) is 0.875. The minimum Gasteiger partial charge on any atom is -0.339 e. The van der Waals surface area contributed by atoms with E-state index in [0.29, 0.717) is 24.2 Å². The molecule has 0 radical (unpaired) electrons. The van der Waals surface area contributed by atoms with Crippen LogP contribution in [0.5, 0.6) is 0 Å². The van der Waals surface area contributed by atoms with E-state index < -0.39 is 0 Å². The van der Waals surface area contributed by atoms with Gasteiger partial charge in [-0.15, -0.1) is 0 Å². The van der Waals surface area contributed by atoms with Gasteiger partial charge in [0, 0.05) is 35.9 Å². The number of hydrogen-bond acceptors (Lipinski definition) is 2. The van der Waals surface area contributed by atoms with E-state index >= 15 is 0 Å². The number of para-hydroxylation sites is 1. The molecule has 3 rings (SSSR count). The average Bonchev–Trinajstić information content (AvgIpc) is 2.98. The number of fused-ring (bicyclic) bond motifs is 1. The number of nitrogens with zero attached hydrogens (tertiary/aromatic N) is 2. The Morgan fingerprint density at radius 3 is 2.24 bits per heavy atom. The Bertz CT molecular complexity index is 779. The highest BCUT2D eigenvalue weighted by Gasteiger charge is 2.31. The lowest BCUT2D eigenvalue weighted by Gasteiger charge is -2.23. The number of carbonyl (C=O) groups excluding carboxylic acids is 2. The summed E-state index contributed by atoms with van der Waals surface area (Å²) in [4.78, 5) is 29.0. The molecule has 0 saturated carbocycles. The van der Waals surface area contributed by atoms with Crippen LogP contribution < -0.4 is 4.90 Å². The SMILES string of the molecule is CCN(CC)C(=O)c1ccc(C(=O)N2c3ccccc3CC2C)cc1. The highest BCUT2D eigenvalue weighted by molar-refractivity contribution is 6.08. The quantitative estimate of drug-likeness (QED) is 0.853. The molecule has 1 aliphatic rings. The standard InChI is InChI=1S/C21H24N2O2/c1-4-22(5-2)20(24)16-10-12-17(13-11-16)21(25)23-15(3)14-18-8-6-7-9-19(18)23/h6-13,15H,4-5,14H2,1-3H3. The van der Waals surface area contributed by atoms with Crippen molar-refractivity contribution in [1.82, 2.24) is 4.90 Å². The molecule has 1 heterocycles. The van der Waals surface area contributed by atoms with E-state index in [9.17, 15) is 9.59 Å². The molecular weight excluding hydrogens is 312 g/mol. The van der Waals surface area contributed by atoms with Crippen LogP contribution in [0.2, 0.25) is 0 Å². The molecule has 0 bridgehead atoms. The monoisotopic (exact) mass is 336 g/mol. The number of carbonyl (C=O) groups is 2. The number of rotatable bonds is 4. The lowest BCUT2D eigenvalue weighted by atomic mass is 10.1. The number of anilines is 1. The molecule has 2 aromatic rings. The minimum absolute atomic E-state index is 0.00360. The predicted molar refractivity (Wildman–Crippen MR) is 100 cm³/mol. The smallest absolute Gasteiger partial charge is 0.258 e. The van der Waals surface area contributed by atoms with Gasteiger partial charge in [-0.25, -0.2) is 0 Å². The van der Waals surface area contributed by atoms with Crippen LogP contribution in [0.1, 0.15) is 47.1 Å². The molecule has 1 aliphatic heterocycles. The summed E-state index contributed by atoms with van der Waals surface area (Å²) >= 11 is 0. The van der Waals surface area contributed by atoms with Gasteiger partial charge in [-0.3, -0.25) is 9.59 Å². The Kier molecular flexibility index (Phi) is 4.88. The van der Waals surface area contributed by atoms with E-state index in [1.165, 1.54) is 5.56 Å². The highest BCUT2D eigenvalue weighted by atomic mass is 16.2. The molecule has 25 heavy (non-hydrogen) atoms. The first kappa shape index (κ1) is 17.2. The van der Waals surface area contributed by atoms with E-state index in [0.717, 1.165) is 12.1 Å². The Balaban J connectivity index is 1.83. The van der Waals surface area contributed by atoms with Gasteiger partial charge in [-0.05, 0) is 63.1 Å². The van der Waals surface area contributed by atoms with Crippen LogP contribution in [0.3, 0.4) is 0 Å². The largest absolute Gasteiger partial charge is 0.339 e. The van der Waals surface area contributed by atoms with Gasteiger partial charge in [0.2, 0.25) is 0 Å². The van der Waals surface area contributed by atoms with Gasteiger partial charge in [0.05, 0.1) is 0 Å². The van der Waals surface area contributed by atoms with Crippen molar-refractivity contribution < 1.29 is 9.59 Å². The van der Waals surface area contributed by atoms with Crippen molar-refractivity contribution in [1.29, 1.82) is 0 Å². The molecular formula is C21H24N2O2. The summed E-state index contributed by atoms with van der Waals surface area (Å²) in [5.74, 6) is -0.0110. The van der Waals surface area contributed by atoms with Crippen molar-refractivity contribution in [3.63, 3.8) is 0 Å². The Labute approximate surface area is 149 Å². The van der Waals surface area contributed by atoms with Crippen molar-refractivity contribution >= 4 is 17.5 Å². The zero-order valence-corrected chi connectivity index (χ0v) is 15.0. The van der Waals surface area contributed by atoms with Crippen LogP contribution in [-0.2, 0) is 6.42 Å². The van der Waals surface area contributed by atoms with Gasteiger partial charge >= 0.3 is 0 Å². The third kappa shape index (κ3) is 3.16. The molecule has 1 unspecified atom stereocenters. The molecule has 4 heteroatoms. The molecule has 0 spiro atoms. The normalized spacial score (nSPS) is 15.8. The second kappa shape index (κ2) is 7.09. The molecule has 1 atom stereocenters. The maximum absolute atomic E-state index is 13.0. The molecule has 4 nitrogen and oxygen atoms in total. The van der Waals surface area contributed by atoms with Gasteiger partial charge < -0.3 is 9.80 Å². The van der Waals surface area contributed by atoms with Crippen LogP contribution in [-0.4, -0.2) is 35.8 Å². The first-order chi connectivity index (χ1) is 12.1. The van der Waals surface area contributed by atoms with E-state index in [4.69, 9.17) is 0 Å². The van der Waals surface area contributed by atoms with Crippen molar-refractivity contribution in [3.8, 4) is 0 Å². The van der Waals surface area contributed by atoms with Crippen molar-refractivity contribution in [2.75, 3.05) is 18.0 Å². The summed E-state index contributed by atoms with van der Waals surface area (Å²) in [5.41, 5.74) is 3.43. The van der Waals surface area contributed by atoms with E-state index in [-0.39, 0.29) is 17.9 Å². The highest BCUT2D eigenvalue weighted by Crippen LogP contribution is 2.33. The number of benzene rings is 2. The molecule has 130 valence electrons. The zero-order chi connectivity index (χ0) is 18.0. The fraction of sp³-hybridized carbons (Fsp3) is 0.333. The topological polar surface area (TPSA) is 40.6 Å². The van der Waals surface area contributed by atoms with Gasteiger partial charge in [0.15, 0.2) is 0 Å². The predicted octanol–water partition coefficient (Wildman–Crippen LogP) is 3.76. The molecule has 0 aromatic heterocycles. The minimum atomic E-state index is -0.0145. The Hall–Kier alpha value is -2.62. The summed E-state index contributed by atoms with van der Waals surface area (Å²) < 4.78 is 0. The van der Waals surface area contributed by atoms with Crippen molar-refractivity contribution in [3.05, 3.63) is 65.2 Å². The maximum Gasteiger partial charge on any atom is 0.258 e. The third-order valence-corrected chi connectivity index (χ3v) is 4.86. The van der Waals surface area contributed by atoms with Crippen LogP contribution in [0, 0.1) is 0 Å². The number of amides is 2. The van der Waals surface area contributed by atoms with Crippen LogP contribution >= 0.6 is 0 Å². The van der Waals surface area contributed by atoms with Gasteiger partial charge in [0.25, 0.3) is 11.8 Å². The zero-order valence-electron chi connectivity index (χ0n) is 15.0. The van der Waals surface area contributed by atoms with Crippen LogP contribution in [0.4, 0.5) is 5.69 Å². The van der Waals surface area contributed by atoms with E-state index in [2.05, 4.69) is 13.0 Å². The summed E-state index contributed by atoms with van der Waals surface area (Å²) in [5, 5.41) is 0. The summed E-state index contributed by atoms with van der Waals surface area (Å²) in [6.45, 7) is 7.35. The van der Waals surface area contributed by atoms with E-state index in [1.807, 2.05) is 36.9 Å². The van der Waals surface area contributed by atoms with E-state index in [1.54, 1.807) is 29.2 Å². The molecule has 0 N–H and O–H groups in total. The maximum atomic E-state index is 13.0. The Morgan fingerprint density at radius 1 is 1.00 bits per heavy atom. The van der Waals surface area contributed by atoms with Crippen LogP contribution in [0.25, 0.3) is 0 Å². The second-order valence-electron chi connectivity index (χ2n) is 6.41. The lowest BCUT2D eigenvalue weighted by Crippen LogP contribution is -2.35. The first-order valence-corrected chi connectivity index (χ1v) is 8.87. The lowest BCUT2D eigenvalue weighted by molar-refractivity contribution is 0.0772. The van der Waals surface area contributed by atoms with Crippen molar-refractivity contribution in [2.24, 2.45) is 0 Å². The molecule has 2 amide bonds. The van der Waals surface area contributed by atoms with Gasteiger partial charge in [-0.2, -0.15) is 0 Å². The molecule has 0 aliphatic carbocycles. The van der Waals surface area contributed by atoms with Crippen molar-refractivity contribution in [2.45, 2.75) is 33.2 Å². The van der Waals surface area contributed by atoms with Gasteiger partial charge in [0.1, 0.15) is 0 Å². The fourth-order valence-electron chi connectivity index (χ4n) is 3.46. The van der Waals surface area contributed by atoms with Crippen LogP contribution in [0.15, 0.2) is 48.5 Å². The first-order valence-electron chi connectivity index (χ1n) is 8.87. The van der Waals surface area contributed by atoms with Gasteiger partial charge in [-0.1, -0.05) is 18.2 Å². The average molecular weight is 336 g/mol. The summed E-state index contributed by atoms with van der Waals surface area (Å²) in [6, 6.07) is 15.2.